The molecule has 0 radical (unpaired) electrons. The topological polar surface area (TPSA) is 0 Å². The van der Waals surface area contributed by atoms with Gasteiger partial charge in [-0.15, -0.1) is 0 Å². The van der Waals surface area contributed by atoms with E-state index in [9.17, 15) is 0 Å². The van der Waals surface area contributed by atoms with Gasteiger partial charge in [0.25, 0.3) is 0 Å². The molecule has 2 aromatic carbocycles. The van der Waals surface area contributed by atoms with Gasteiger partial charge in [0.15, 0.2) is 0 Å². The molecule has 0 aliphatic carbocycles. The predicted molar refractivity (Wildman–Crippen MR) is 76.2 cm³/mol. The number of benzene rings is 2. The molecule has 0 N–H and O–H groups in total. The van der Waals surface area contributed by atoms with Crippen molar-refractivity contribution in [1.82, 2.24) is 0 Å². The van der Waals surface area contributed by atoms with Crippen LogP contribution in [0.2, 0.25) is 0 Å². The Morgan fingerprint density at radius 3 is 2.29 bits per heavy atom. The molecule has 0 saturated carbocycles. The Morgan fingerprint density at radius 2 is 1.65 bits per heavy atom. The van der Waals surface area contributed by atoms with Gasteiger partial charge in [0.2, 0.25) is 0 Å². The molecule has 0 nitrogen and oxygen atoms in total. The Balaban J connectivity index is 2.16. The SMILES string of the molecule is Cc1ccc([Se]C(C)c2ccccc2)c(C)c1. The fraction of sp³-hybridized carbons (Fsp3) is 0.250. The van der Waals surface area contributed by atoms with Gasteiger partial charge in [-0.3, -0.25) is 0 Å². The molecule has 0 bridgehead atoms. The van der Waals surface area contributed by atoms with Gasteiger partial charge in [-0.25, -0.2) is 0 Å². The van der Waals surface area contributed by atoms with Gasteiger partial charge >= 0.3 is 110 Å². The van der Waals surface area contributed by atoms with Crippen molar-refractivity contribution >= 4 is 19.4 Å². The van der Waals surface area contributed by atoms with Crippen LogP contribution in [0.25, 0.3) is 0 Å². The fourth-order valence-corrected chi connectivity index (χ4v) is 4.15. The van der Waals surface area contributed by atoms with E-state index >= 15 is 0 Å². The zero-order valence-corrected chi connectivity index (χ0v) is 12.3. The third-order valence-electron chi connectivity index (χ3n) is 2.90. The molecular formula is C16H18Se. The van der Waals surface area contributed by atoms with Crippen molar-refractivity contribution < 1.29 is 0 Å². The average molecular weight is 289 g/mol. The van der Waals surface area contributed by atoms with E-state index in [4.69, 9.17) is 0 Å². The van der Waals surface area contributed by atoms with Gasteiger partial charge < -0.3 is 0 Å². The van der Waals surface area contributed by atoms with Gasteiger partial charge in [-0.1, -0.05) is 0 Å². The zero-order valence-electron chi connectivity index (χ0n) is 10.6. The van der Waals surface area contributed by atoms with Gasteiger partial charge in [0, 0.05) is 0 Å². The molecule has 0 heterocycles. The van der Waals surface area contributed by atoms with Crippen molar-refractivity contribution in [3.8, 4) is 0 Å². The number of hydrogen-bond donors (Lipinski definition) is 0. The summed E-state index contributed by atoms with van der Waals surface area (Å²) in [5.74, 6) is 0. The summed E-state index contributed by atoms with van der Waals surface area (Å²) in [4.78, 5) is 0.644. The second-order valence-corrected chi connectivity index (χ2v) is 7.34. The van der Waals surface area contributed by atoms with Crippen molar-refractivity contribution in [2.75, 3.05) is 0 Å². The third-order valence-corrected chi connectivity index (χ3v) is 5.71. The van der Waals surface area contributed by atoms with E-state index in [1.54, 1.807) is 0 Å². The van der Waals surface area contributed by atoms with E-state index < -0.39 is 0 Å². The first-order valence-corrected chi connectivity index (χ1v) is 7.80. The third kappa shape index (κ3) is 3.21. The molecule has 0 amide bonds. The van der Waals surface area contributed by atoms with Crippen LogP contribution in [0.15, 0.2) is 48.5 Å². The first-order valence-electron chi connectivity index (χ1n) is 5.95. The van der Waals surface area contributed by atoms with E-state index in [0.29, 0.717) is 19.8 Å². The summed E-state index contributed by atoms with van der Waals surface area (Å²) < 4.78 is 1.53. The zero-order chi connectivity index (χ0) is 12.3. The van der Waals surface area contributed by atoms with Crippen LogP contribution in [0, 0.1) is 13.8 Å². The van der Waals surface area contributed by atoms with Crippen molar-refractivity contribution in [3.63, 3.8) is 0 Å². The fourth-order valence-electron chi connectivity index (χ4n) is 1.91. The Kier molecular flexibility index (Phi) is 4.04. The molecule has 88 valence electrons. The van der Waals surface area contributed by atoms with E-state index in [-0.39, 0.29) is 0 Å². The summed E-state index contributed by atoms with van der Waals surface area (Å²) in [5, 5.41) is 0. The molecule has 17 heavy (non-hydrogen) atoms. The molecular weight excluding hydrogens is 271 g/mol. The van der Waals surface area contributed by atoms with E-state index in [1.165, 1.54) is 21.2 Å². The number of aryl methyl sites for hydroxylation is 2. The van der Waals surface area contributed by atoms with Gasteiger partial charge in [-0.2, -0.15) is 0 Å². The van der Waals surface area contributed by atoms with Crippen LogP contribution >= 0.6 is 0 Å². The maximum absolute atomic E-state index is 2.33. The van der Waals surface area contributed by atoms with Crippen LogP contribution in [0.4, 0.5) is 0 Å². The molecule has 0 aliphatic heterocycles. The predicted octanol–water partition coefficient (Wildman–Crippen LogP) is 3.39. The molecule has 1 heteroatoms. The monoisotopic (exact) mass is 290 g/mol. The summed E-state index contributed by atoms with van der Waals surface area (Å²) in [6.07, 6.45) is 0. The summed E-state index contributed by atoms with van der Waals surface area (Å²) in [7, 11) is 0. The van der Waals surface area contributed by atoms with Gasteiger partial charge in [0.05, 0.1) is 0 Å². The first kappa shape index (κ1) is 12.4. The van der Waals surface area contributed by atoms with E-state index in [0.717, 1.165) is 0 Å². The van der Waals surface area contributed by atoms with Crippen LogP contribution in [0.3, 0.4) is 0 Å². The Labute approximate surface area is 110 Å². The Morgan fingerprint density at radius 1 is 0.941 bits per heavy atom. The van der Waals surface area contributed by atoms with Crippen LogP contribution in [0.1, 0.15) is 28.4 Å². The second kappa shape index (κ2) is 5.53. The molecule has 0 saturated heterocycles. The van der Waals surface area contributed by atoms with E-state index in [1.807, 2.05) is 0 Å². The quantitative estimate of drug-likeness (QED) is 0.760. The molecule has 1 atom stereocenters. The molecule has 0 aromatic heterocycles. The van der Waals surface area contributed by atoms with Crippen LogP contribution in [-0.2, 0) is 0 Å². The maximum atomic E-state index is 2.33. The van der Waals surface area contributed by atoms with Crippen molar-refractivity contribution in [2.24, 2.45) is 0 Å². The normalized spacial score (nSPS) is 12.4. The van der Waals surface area contributed by atoms with Crippen LogP contribution in [0.5, 0.6) is 0 Å². The molecule has 0 aliphatic rings. The van der Waals surface area contributed by atoms with Crippen molar-refractivity contribution in [2.45, 2.75) is 25.6 Å². The Hall–Kier alpha value is -1.04. The number of rotatable bonds is 3. The summed E-state index contributed by atoms with van der Waals surface area (Å²) in [5.41, 5.74) is 4.25. The summed E-state index contributed by atoms with van der Waals surface area (Å²) in [6.45, 7) is 6.71. The molecule has 0 spiro atoms. The molecule has 2 rings (SSSR count). The molecule has 2 aromatic rings. The van der Waals surface area contributed by atoms with Crippen LogP contribution < -0.4 is 4.46 Å². The molecule has 1 unspecified atom stereocenters. The first-order chi connectivity index (χ1) is 8.16. The summed E-state index contributed by atoms with van der Waals surface area (Å²) >= 11 is 0.513. The van der Waals surface area contributed by atoms with Crippen molar-refractivity contribution in [3.05, 3.63) is 65.2 Å². The Bertz CT molecular complexity index is 488. The average Bonchev–Trinajstić information content (AvgIpc) is 2.34. The number of hydrogen-bond acceptors (Lipinski definition) is 0. The van der Waals surface area contributed by atoms with Crippen molar-refractivity contribution in [1.29, 1.82) is 0 Å². The second-order valence-electron chi connectivity index (χ2n) is 4.44. The van der Waals surface area contributed by atoms with E-state index in [2.05, 4.69) is 69.3 Å². The minimum absolute atomic E-state index is 0.513. The van der Waals surface area contributed by atoms with Gasteiger partial charge in [0.1, 0.15) is 0 Å². The summed E-state index contributed by atoms with van der Waals surface area (Å²) in [6, 6.07) is 17.6. The minimum atomic E-state index is 0.513. The molecule has 0 fully saturated rings. The van der Waals surface area contributed by atoms with Crippen LogP contribution in [-0.4, -0.2) is 15.0 Å². The standard InChI is InChI=1S/C16H18Se/c1-12-9-10-16(13(2)11-12)17-14(3)15-7-5-4-6-8-15/h4-11,14H,1-3H3. The van der Waals surface area contributed by atoms with Gasteiger partial charge in [-0.05, 0) is 0 Å².